The number of H-pyrrole nitrogens is 1. The minimum Gasteiger partial charge on any atom is -0.449 e. The number of nitrogens with one attached hydrogen (secondary N) is 4. The molecule has 6 atom stereocenters. The van der Waals surface area contributed by atoms with Crippen molar-refractivity contribution in [3.8, 4) is 16.9 Å². The van der Waals surface area contributed by atoms with Crippen molar-refractivity contribution in [2.75, 3.05) is 13.2 Å². The largest absolute Gasteiger partial charge is 0.449 e. The third-order valence-electron chi connectivity index (χ3n) is 10.5. The van der Waals surface area contributed by atoms with Gasteiger partial charge in [-0.1, -0.05) is 67.1 Å². The van der Waals surface area contributed by atoms with E-state index in [2.05, 4.69) is 36.9 Å². The lowest BCUT2D eigenvalue weighted by molar-refractivity contribution is -0.149. The number of carbonyl (C=O) groups excluding carboxylic acids is 5. The van der Waals surface area contributed by atoms with Gasteiger partial charge in [0.2, 0.25) is 17.7 Å². The van der Waals surface area contributed by atoms with Crippen LogP contribution in [0.2, 0.25) is 5.02 Å². The van der Waals surface area contributed by atoms with E-state index in [9.17, 15) is 24.0 Å². The Labute approximate surface area is 313 Å². The van der Waals surface area contributed by atoms with Crippen molar-refractivity contribution in [1.29, 1.82) is 0 Å². The normalized spacial score (nSPS) is 21.7. The monoisotopic (exact) mass is 789 g/mol. The number of amides is 4. The van der Waals surface area contributed by atoms with E-state index in [1.165, 1.54) is 18.7 Å². The first-order valence-corrected chi connectivity index (χ1v) is 18.3. The smallest absolute Gasteiger partial charge is 0.407 e. The Morgan fingerprint density at radius 3 is 2.35 bits per heavy atom. The number of hydrogen-bond donors (Lipinski definition) is 4. The van der Waals surface area contributed by atoms with Crippen LogP contribution in [0.4, 0.5) is 4.79 Å². The fraction of sp³-hybridized carbons (Fsp3) is 0.342. The van der Waals surface area contributed by atoms with Gasteiger partial charge in [-0.15, -0.1) is 0 Å². The lowest BCUT2D eigenvalue weighted by Gasteiger charge is -2.39. The SMILES string of the molecule is CC(NC(=O)OCC1c2ccccc2-c2ccccc21)C(=O)NC(C)C(=O)N1CCC2C(C)C(C(=O)Oc3c[nH]c4ccc(Br)c(Cl)c34)NC(=O)C21. The van der Waals surface area contributed by atoms with Gasteiger partial charge in [0.15, 0.2) is 5.75 Å². The van der Waals surface area contributed by atoms with Crippen molar-refractivity contribution >= 4 is 68.2 Å². The molecule has 7 rings (SSSR count). The Bertz CT molecular complexity index is 2060. The van der Waals surface area contributed by atoms with Gasteiger partial charge in [0.25, 0.3) is 0 Å². The number of alkyl carbamates (subject to hydrolysis) is 1. The molecule has 4 amide bonds. The maximum Gasteiger partial charge on any atom is 0.407 e. The number of piperidine rings is 1. The molecular weight excluding hydrogens is 754 g/mol. The van der Waals surface area contributed by atoms with Crippen LogP contribution in [0.1, 0.15) is 44.2 Å². The number of likely N-dealkylation sites (tertiary alicyclic amines) is 1. The summed E-state index contributed by atoms with van der Waals surface area (Å²) in [6.07, 6.45) is 1.27. The molecule has 12 nitrogen and oxygen atoms in total. The highest BCUT2D eigenvalue weighted by Crippen LogP contribution is 2.44. The number of rotatable bonds is 8. The second-order valence-corrected chi connectivity index (χ2v) is 14.8. The van der Waals surface area contributed by atoms with E-state index in [1.54, 1.807) is 18.3 Å². The molecule has 3 heterocycles. The Morgan fingerprint density at radius 2 is 1.65 bits per heavy atom. The summed E-state index contributed by atoms with van der Waals surface area (Å²) in [6.45, 7) is 5.24. The molecule has 4 N–H and O–H groups in total. The second-order valence-electron chi connectivity index (χ2n) is 13.6. The number of halogens is 2. The van der Waals surface area contributed by atoms with Crippen LogP contribution in [0.3, 0.4) is 0 Å². The predicted octanol–water partition coefficient (Wildman–Crippen LogP) is 5.27. The molecule has 0 spiro atoms. The average molecular weight is 791 g/mol. The number of aromatic amines is 1. The molecule has 52 heavy (non-hydrogen) atoms. The fourth-order valence-electron chi connectivity index (χ4n) is 7.75. The number of fused-ring (bicyclic) bond motifs is 5. The Kier molecular flexibility index (Phi) is 9.75. The van der Waals surface area contributed by atoms with E-state index in [0.717, 1.165) is 22.3 Å². The third-order valence-corrected chi connectivity index (χ3v) is 11.7. The third kappa shape index (κ3) is 6.40. The summed E-state index contributed by atoms with van der Waals surface area (Å²) in [5.74, 6) is -2.70. The highest BCUT2D eigenvalue weighted by molar-refractivity contribution is 9.10. The molecule has 1 aromatic heterocycles. The van der Waals surface area contributed by atoms with Crippen LogP contribution in [-0.4, -0.2) is 77.0 Å². The highest BCUT2D eigenvalue weighted by atomic mass is 79.9. The van der Waals surface area contributed by atoms with Crippen molar-refractivity contribution in [1.82, 2.24) is 25.8 Å². The number of nitrogens with zero attached hydrogens (tertiary/aromatic N) is 1. The molecule has 3 aliphatic rings. The minimum absolute atomic E-state index is 0.0923. The van der Waals surface area contributed by atoms with Gasteiger partial charge in [-0.05, 0) is 82.4 Å². The maximum atomic E-state index is 13.6. The van der Waals surface area contributed by atoms with Crippen LogP contribution >= 0.6 is 27.5 Å². The van der Waals surface area contributed by atoms with Crippen molar-refractivity contribution in [3.63, 3.8) is 0 Å². The molecule has 4 aromatic rings. The Balaban J connectivity index is 0.921. The van der Waals surface area contributed by atoms with E-state index in [-0.39, 0.29) is 36.7 Å². The molecule has 0 radical (unpaired) electrons. The first-order chi connectivity index (χ1) is 24.9. The lowest BCUT2D eigenvalue weighted by Crippen LogP contribution is -2.63. The molecule has 6 unspecified atom stereocenters. The second kappa shape index (κ2) is 14.3. The van der Waals surface area contributed by atoms with Gasteiger partial charge >= 0.3 is 12.1 Å². The minimum atomic E-state index is -1.00. The number of ether oxygens (including phenoxy) is 2. The van der Waals surface area contributed by atoms with Gasteiger partial charge in [0.05, 0.1) is 15.9 Å². The maximum absolute atomic E-state index is 13.6. The van der Waals surface area contributed by atoms with Gasteiger partial charge in [0, 0.05) is 23.1 Å². The molecule has 1 aliphatic carbocycles. The zero-order chi connectivity index (χ0) is 36.8. The van der Waals surface area contributed by atoms with Gasteiger partial charge < -0.3 is 35.3 Å². The topological polar surface area (TPSA) is 159 Å². The van der Waals surface area contributed by atoms with E-state index in [0.29, 0.717) is 26.8 Å². The standard InChI is InChI=1S/C38H37BrClN5O7/c1-18-21-14-15-45(33(21)35(47)44-32(18)37(49)52-29-16-41-28-13-12-27(39)31(40)30(28)29)36(48)20(3)42-34(46)19(2)43-38(50)51-17-26-24-10-6-4-8-22(24)23-9-5-7-11-25(23)26/h4-13,16,18-21,26,32-33,41H,14-15,17H2,1-3H3,(H,42,46)(H,43,50)(H,44,47). The van der Waals surface area contributed by atoms with Crippen LogP contribution in [0.25, 0.3) is 22.0 Å². The first kappa shape index (κ1) is 35.5. The number of aromatic nitrogens is 1. The molecule has 14 heteroatoms. The van der Waals surface area contributed by atoms with E-state index in [1.807, 2.05) is 55.5 Å². The van der Waals surface area contributed by atoms with Crippen molar-refractivity contribution in [2.45, 2.75) is 57.3 Å². The molecule has 3 aromatic carbocycles. The molecule has 0 bridgehead atoms. The summed E-state index contributed by atoms with van der Waals surface area (Å²) in [7, 11) is 0. The summed E-state index contributed by atoms with van der Waals surface area (Å²) in [5, 5.41) is 8.89. The van der Waals surface area contributed by atoms with E-state index >= 15 is 0 Å². The van der Waals surface area contributed by atoms with Crippen LogP contribution in [0.5, 0.6) is 5.75 Å². The Morgan fingerprint density at radius 1 is 0.981 bits per heavy atom. The molecule has 2 fully saturated rings. The molecule has 270 valence electrons. The molecule has 2 saturated heterocycles. The quantitative estimate of drug-likeness (QED) is 0.177. The zero-order valence-corrected chi connectivity index (χ0v) is 30.9. The Hall–Kier alpha value is -4.88. The number of esters is 1. The number of carbonyl (C=O) groups is 5. The summed E-state index contributed by atoms with van der Waals surface area (Å²) in [4.78, 5) is 70.7. The lowest BCUT2D eigenvalue weighted by atomic mass is 9.78. The van der Waals surface area contributed by atoms with Gasteiger partial charge in [-0.2, -0.15) is 0 Å². The number of hydrogen-bond acceptors (Lipinski definition) is 7. The van der Waals surface area contributed by atoms with Gasteiger partial charge in [-0.3, -0.25) is 14.4 Å². The van der Waals surface area contributed by atoms with Crippen molar-refractivity contribution in [2.24, 2.45) is 11.8 Å². The molecule has 0 saturated carbocycles. The molecular formula is C38H37BrClN5O7. The average Bonchev–Trinajstić information content (AvgIpc) is 3.85. The van der Waals surface area contributed by atoms with Gasteiger partial charge in [-0.25, -0.2) is 9.59 Å². The van der Waals surface area contributed by atoms with Crippen LogP contribution in [0.15, 0.2) is 71.3 Å². The van der Waals surface area contributed by atoms with Crippen molar-refractivity contribution in [3.05, 3.63) is 87.5 Å². The highest BCUT2D eigenvalue weighted by Gasteiger charge is 2.52. The predicted molar refractivity (Wildman–Crippen MR) is 197 cm³/mol. The zero-order valence-electron chi connectivity index (χ0n) is 28.6. The first-order valence-electron chi connectivity index (χ1n) is 17.1. The van der Waals surface area contributed by atoms with Crippen molar-refractivity contribution < 1.29 is 33.4 Å². The van der Waals surface area contributed by atoms with Gasteiger partial charge in [0.1, 0.15) is 30.8 Å². The fourth-order valence-corrected chi connectivity index (χ4v) is 8.34. The van der Waals surface area contributed by atoms with Crippen LogP contribution in [0, 0.1) is 11.8 Å². The summed E-state index contributed by atoms with van der Waals surface area (Å²) in [6, 6.07) is 15.8. The van der Waals surface area contributed by atoms with E-state index < -0.39 is 54.0 Å². The van der Waals surface area contributed by atoms with Crippen LogP contribution in [-0.2, 0) is 23.9 Å². The summed E-state index contributed by atoms with van der Waals surface area (Å²) >= 11 is 9.84. The summed E-state index contributed by atoms with van der Waals surface area (Å²) < 4.78 is 11.9. The molecule has 2 aliphatic heterocycles. The number of benzene rings is 3. The summed E-state index contributed by atoms with van der Waals surface area (Å²) in [5.41, 5.74) is 5.03. The van der Waals surface area contributed by atoms with Crippen LogP contribution < -0.4 is 20.7 Å². The van der Waals surface area contributed by atoms with E-state index in [4.69, 9.17) is 21.1 Å².